The van der Waals surface area contributed by atoms with E-state index < -0.39 is 15.8 Å². The molecule has 3 aromatic rings. The van der Waals surface area contributed by atoms with Gasteiger partial charge in [0, 0.05) is 12.6 Å². The van der Waals surface area contributed by atoms with Crippen LogP contribution >= 0.6 is 0 Å². The van der Waals surface area contributed by atoms with Crippen LogP contribution in [-0.2, 0) is 16.6 Å². The zero-order chi connectivity index (χ0) is 18.0. The fraction of sp³-hybridized carbons (Fsp3) is 0.235. The first-order valence-corrected chi connectivity index (χ1v) is 9.32. The van der Waals surface area contributed by atoms with E-state index in [4.69, 9.17) is 9.15 Å². The van der Waals surface area contributed by atoms with Gasteiger partial charge in [-0.05, 0) is 50.2 Å². The van der Waals surface area contributed by atoms with E-state index in [1.807, 2.05) is 13.8 Å². The van der Waals surface area contributed by atoms with Gasteiger partial charge in [0.15, 0.2) is 5.58 Å². The smallest absolute Gasteiger partial charge is 0.419 e. The maximum atomic E-state index is 12.5. The highest BCUT2D eigenvalue weighted by atomic mass is 32.2. The van der Waals surface area contributed by atoms with Gasteiger partial charge >= 0.3 is 5.76 Å². The molecule has 0 fully saturated rings. The van der Waals surface area contributed by atoms with E-state index in [9.17, 15) is 13.2 Å². The van der Waals surface area contributed by atoms with E-state index >= 15 is 0 Å². The monoisotopic (exact) mass is 362 g/mol. The third kappa shape index (κ3) is 3.39. The number of benzene rings is 2. The highest BCUT2D eigenvalue weighted by molar-refractivity contribution is 7.92. The van der Waals surface area contributed by atoms with Crippen LogP contribution in [0.2, 0.25) is 0 Å². The lowest BCUT2D eigenvalue weighted by Crippen LogP contribution is -2.13. The van der Waals surface area contributed by atoms with Crippen LogP contribution in [0.25, 0.3) is 11.1 Å². The molecule has 0 saturated heterocycles. The van der Waals surface area contributed by atoms with Crippen molar-refractivity contribution in [1.29, 1.82) is 0 Å². The molecule has 0 radical (unpaired) electrons. The minimum Gasteiger partial charge on any atom is -0.494 e. The Bertz CT molecular complexity index is 1050. The minimum atomic E-state index is -3.75. The number of nitrogens with one attached hydrogen (secondary N) is 1. The molecule has 2 aromatic carbocycles. The summed E-state index contributed by atoms with van der Waals surface area (Å²) in [5, 5.41) is 0. The lowest BCUT2D eigenvalue weighted by atomic mass is 10.3. The van der Waals surface area contributed by atoms with Gasteiger partial charge in [0.2, 0.25) is 0 Å². The maximum absolute atomic E-state index is 12.5. The predicted octanol–water partition coefficient (Wildman–Crippen LogP) is 2.81. The van der Waals surface area contributed by atoms with E-state index in [0.717, 1.165) is 0 Å². The van der Waals surface area contributed by atoms with Crippen LogP contribution in [0.4, 0.5) is 5.69 Å². The third-order valence-electron chi connectivity index (χ3n) is 3.68. The summed E-state index contributed by atoms with van der Waals surface area (Å²) in [5.74, 6) is 0.134. The highest BCUT2D eigenvalue weighted by Gasteiger charge is 2.16. The molecule has 0 aliphatic heterocycles. The van der Waals surface area contributed by atoms with Gasteiger partial charge in [0.1, 0.15) is 5.75 Å². The van der Waals surface area contributed by atoms with Crippen molar-refractivity contribution in [2.75, 3.05) is 11.3 Å². The van der Waals surface area contributed by atoms with Crippen LogP contribution in [0.5, 0.6) is 5.75 Å². The number of aromatic nitrogens is 1. The molecule has 0 amide bonds. The SMILES string of the molecule is CCOc1ccc(S(=O)(=O)Nc2ccc3c(c2)oc(=O)n3CC)cc1. The Morgan fingerprint density at radius 2 is 1.84 bits per heavy atom. The summed E-state index contributed by atoms with van der Waals surface area (Å²) >= 11 is 0. The highest BCUT2D eigenvalue weighted by Crippen LogP contribution is 2.22. The van der Waals surface area contributed by atoms with Crippen LogP contribution < -0.4 is 15.2 Å². The second kappa shape index (κ2) is 6.64. The first-order chi connectivity index (χ1) is 11.9. The topological polar surface area (TPSA) is 90.5 Å². The fourth-order valence-electron chi connectivity index (χ4n) is 2.53. The van der Waals surface area contributed by atoms with E-state index in [1.165, 1.54) is 22.8 Å². The second-order valence-corrected chi connectivity index (χ2v) is 6.99. The van der Waals surface area contributed by atoms with Gasteiger partial charge in [-0.15, -0.1) is 0 Å². The number of nitrogens with zero attached hydrogens (tertiary/aromatic N) is 1. The molecule has 1 aromatic heterocycles. The molecule has 8 heteroatoms. The first kappa shape index (κ1) is 17.1. The van der Waals surface area contributed by atoms with Crippen LogP contribution in [0.1, 0.15) is 13.8 Å². The average molecular weight is 362 g/mol. The van der Waals surface area contributed by atoms with Gasteiger partial charge in [0.25, 0.3) is 10.0 Å². The third-order valence-corrected chi connectivity index (χ3v) is 5.08. The Balaban J connectivity index is 1.90. The Hall–Kier alpha value is -2.74. The molecule has 0 bridgehead atoms. The Morgan fingerprint density at radius 3 is 2.48 bits per heavy atom. The van der Waals surface area contributed by atoms with Gasteiger partial charge in [0.05, 0.1) is 22.7 Å². The number of anilines is 1. The average Bonchev–Trinajstić information content (AvgIpc) is 2.89. The summed E-state index contributed by atoms with van der Waals surface area (Å²) in [6.45, 7) is 4.67. The maximum Gasteiger partial charge on any atom is 0.419 e. The summed E-state index contributed by atoms with van der Waals surface area (Å²) < 4.78 is 39.4. The molecular weight excluding hydrogens is 344 g/mol. The molecule has 3 rings (SSSR count). The number of sulfonamides is 1. The lowest BCUT2D eigenvalue weighted by Gasteiger charge is -2.09. The standard InChI is InChI=1S/C17H18N2O5S/c1-3-19-15-10-5-12(11-16(15)24-17(19)20)18-25(21,22)14-8-6-13(7-9-14)23-4-2/h5-11,18H,3-4H2,1-2H3. The van der Waals surface area contributed by atoms with E-state index in [1.54, 1.807) is 24.3 Å². The second-order valence-electron chi connectivity index (χ2n) is 5.30. The largest absolute Gasteiger partial charge is 0.494 e. The van der Waals surface area contributed by atoms with Gasteiger partial charge < -0.3 is 9.15 Å². The molecule has 7 nitrogen and oxygen atoms in total. The molecule has 0 aliphatic carbocycles. The number of ether oxygens (including phenoxy) is 1. The van der Waals surface area contributed by atoms with Crippen molar-refractivity contribution in [3.8, 4) is 5.75 Å². The van der Waals surface area contributed by atoms with Crippen LogP contribution in [-0.4, -0.2) is 19.6 Å². The van der Waals surface area contributed by atoms with Gasteiger partial charge in [-0.1, -0.05) is 0 Å². The number of rotatable bonds is 6. The van der Waals surface area contributed by atoms with Gasteiger partial charge in [-0.3, -0.25) is 9.29 Å². The summed E-state index contributed by atoms with van der Waals surface area (Å²) in [6, 6.07) is 10.9. The quantitative estimate of drug-likeness (QED) is 0.728. The number of oxazole rings is 1. The lowest BCUT2D eigenvalue weighted by molar-refractivity contribution is 0.340. The molecule has 0 atom stereocenters. The Kier molecular flexibility index (Phi) is 4.54. The zero-order valence-corrected chi connectivity index (χ0v) is 14.7. The number of hydrogen-bond acceptors (Lipinski definition) is 5. The minimum absolute atomic E-state index is 0.114. The number of aryl methyl sites for hydroxylation is 1. The molecule has 132 valence electrons. The molecule has 25 heavy (non-hydrogen) atoms. The van der Waals surface area contributed by atoms with Crippen molar-refractivity contribution < 1.29 is 17.6 Å². The molecule has 0 spiro atoms. The van der Waals surface area contributed by atoms with Crippen molar-refractivity contribution >= 4 is 26.8 Å². The Morgan fingerprint density at radius 1 is 1.12 bits per heavy atom. The van der Waals surface area contributed by atoms with Gasteiger partial charge in [-0.25, -0.2) is 13.2 Å². The summed E-state index contributed by atoms with van der Waals surface area (Å²) in [7, 11) is -3.75. The zero-order valence-electron chi connectivity index (χ0n) is 13.9. The van der Waals surface area contributed by atoms with E-state index in [0.29, 0.717) is 35.7 Å². The normalized spacial score (nSPS) is 11.6. The van der Waals surface area contributed by atoms with Gasteiger partial charge in [-0.2, -0.15) is 0 Å². The number of fused-ring (bicyclic) bond motifs is 1. The van der Waals surface area contributed by atoms with Crippen molar-refractivity contribution in [2.24, 2.45) is 0 Å². The van der Waals surface area contributed by atoms with Crippen molar-refractivity contribution in [2.45, 2.75) is 25.3 Å². The summed E-state index contributed by atoms with van der Waals surface area (Å²) in [4.78, 5) is 11.8. The van der Waals surface area contributed by atoms with Crippen molar-refractivity contribution in [3.05, 3.63) is 53.0 Å². The van der Waals surface area contributed by atoms with Crippen LogP contribution in [0.15, 0.2) is 56.6 Å². The summed E-state index contributed by atoms with van der Waals surface area (Å²) in [6.07, 6.45) is 0. The molecule has 0 aliphatic rings. The Labute approximate surface area is 144 Å². The molecule has 1 N–H and O–H groups in total. The number of hydrogen-bond donors (Lipinski definition) is 1. The van der Waals surface area contributed by atoms with Crippen LogP contribution in [0, 0.1) is 0 Å². The van der Waals surface area contributed by atoms with E-state index in [-0.39, 0.29) is 4.90 Å². The van der Waals surface area contributed by atoms with Crippen LogP contribution in [0.3, 0.4) is 0 Å². The van der Waals surface area contributed by atoms with Crippen molar-refractivity contribution in [1.82, 2.24) is 4.57 Å². The van der Waals surface area contributed by atoms with Crippen molar-refractivity contribution in [3.63, 3.8) is 0 Å². The molecule has 1 heterocycles. The van der Waals surface area contributed by atoms with E-state index in [2.05, 4.69) is 4.72 Å². The molecule has 0 unspecified atom stereocenters. The molecule has 0 saturated carbocycles. The summed E-state index contributed by atoms with van der Waals surface area (Å²) in [5.41, 5.74) is 1.27. The first-order valence-electron chi connectivity index (χ1n) is 7.83. The fourth-order valence-corrected chi connectivity index (χ4v) is 3.57. The predicted molar refractivity (Wildman–Crippen MR) is 94.6 cm³/mol. The molecular formula is C17H18N2O5S.